The lowest BCUT2D eigenvalue weighted by Crippen LogP contribution is -2.36. The van der Waals surface area contributed by atoms with Gasteiger partial charge in [0.25, 0.3) is 5.91 Å². The summed E-state index contributed by atoms with van der Waals surface area (Å²) in [6.45, 7) is 2.04. The first-order valence-electron chi connectivity index (χ1n) is 9.07. The molecule has 1 aliphatic rings. The average molecular weight is 429 g/mol. The average Bonchev–Trinajstić information content (AvgIpc) is 3.16. The molecule has 26 heavy (non-hydrogen) atoms. The first kappa shape index (κ1) is 17.7. The molecule has 1 saturated carbocycles. The predicted molar refractivity (Wildman–Crippen MR) is 112 cm³/mol. The lowest BCUT2D eigenvalue weighted by atomic mass is 9.95. The van der Waals surface area contributed by atoms with E-state index in [1.54, 1.807) is 11.3 Å². The second-order valence-corrected chi connectivity index (χ2v) is 8.82. The molecule has 1 aliphatic carbocycles. The number of amides is 1. The molecule has 2 heterocycles. The van der Waals surface area contributed by atoms with Crippen molar-refractivity contribution in [2.45, 2.75) is 45.1 Å². The third kappa shape index (κ3) is 3.55. The summed E-state index contributed by atoms with van der Waals surface area (Å²) in [6, 6.07) is 10.4. The lowest BCUT2D eigenvalue weighted by molar-refractivity contribution is 0.0929. The maximum Gasteiger partial charge on any atom is 0.252 e. The molecule has 0 saturated heterocycles. The SMILES string of the molecule is Cc1cc(Br)cc2c(C(=O)NC3CCCCC3)cc(-c3cccs3)nc12. The van der Waals surface area contributed by atoms with Crippen molar-refractivity contribution >= 4 is 44.1 Å². The van der Waals surface area contributed by atoms with Gasteiger partial charge in [-0.25, -0.2) is 4.98 Å². The number of carbonyl (C=O) groups is 1. The van der Waals surface area contributed by atoms with Crippen LogP contribution in [0.3, 0.4) is 0 Å². The standard InChI is InChI=1S/C21H21BrN2OS/c1-13-10-14(22)11-16-17(21(25)23-15-6-3-2-4-7-15)12-18(24-20(13)16)19-8-5-9-26-19/h5,8-12,15H,2-4,6-7H2,1H3,(H,23,25). The topological polar surface area (TPSA) is 42.0 Å². The Morgan fingerprint density at radius 1 is 1.23 bits per heavy atom. The van der Waals surface area contributed by atoms with Crippen LogP contribution in [0.1, 0.15) is 48.0 Å². The van der Waals surface area contributed by atoms with Gasteiger partial charge in [-0.2, -0.15) is 0 Å². The zero-order chi connectivity index (χ0) is 18.1. The van der Waals surface area contributed by atoms with Gasteiger partial charge in [-0.05, 0) is 55.0 Å². The molecule has 1 fully saturated rings. The number of rotatable bonds is 3. The van der Waals surface area contributed by atoms with E-state index in [-0.39, 0.29) is 11.9 Å². The molecule has 1 aromatic carbocycles. The summed E-state index contributed by atoms with van der Waals surface area (Å²) in [5.74, 6) is 0.0135. The van der Waals surface area contributed by atoms with Gasteiger partial charge in [-0.1, -0.05) is 41.3 Å². The van der Waals surface area contributed by atoms with Gasteiger partial charge >= 0.3 is 0 Å². The minimum atomic E-state index is 0.0135. The van der Waals surface area contributed by atoms with Crippen molar-refractivity contribution in [2.75, 3.05) is 0 Å². The fraction of sp³-hybridized carbons (Fsp3) is 0.333. The fourth-order valence-electron chi connectivity index (χ4n) is 3.70. The molecule has 0 bridgehead atoms. The zero-order valence-corrected chi connectivity index (χ0v) is 17.1. The van der Waals surface area contributed by atoms with E-state index >= 15 is 0 Å². The van der Waals surface area contributed by atoms with E-state index in [1.807, 2.05) is 30.5 Å². The number of carbonyl (C=O) groups excluding carboxylic acids is 1. The van der Waals surface area contributed by atoms with Crippen molar-refractivity contribution in [1.82, 2.24) is 10.3 Å². The van der Waals surface area contributed by atoms with Crippen molar-refractivity contribution in [3.63, 3.8) is 0 Å². The minimum Gasteiger partial charge on any atom is -0.349 e. The molecule has 3 aromatic rings. The second kappa shape index (κ2) is 7.49. The van der Waals surface area contributed by atoms with Crippen molar-refractivity contribution in [3.8, 4) is 10.6 Å². The summed E-state index contributed by atoms with van der Waals surface area (Å²) in [6.07, 6.45) is 5.84. The molecular formula is C21H21BrN2OS. The second-order valence-electron chi connectivity index (χ2n) is 6.96. The molecule has 0 aliphatic heterocycles. The molecule has 134 valence electrons. The number of benzene rings is 1. The molecule has 5 heteroatoms. The van der Waals surface area contributed by atoms with Gasteiger partial charge in [0.1, 0.15) is 0 Å². The third-order valence-electron chi connectivity index (χ3n) is 5.03. The highest BCUT2D eigenvalue weighted by Crippen LogP contribution is 2.31. The van der Waals surface area contributed by atoms with Crippen molar-refractivity contribution in [2.24, 2.45) is 0 Å². The monoisotopic (exact) mass is 428 g/mol. The van der Waals surface area contributed by atoms with Crippen LogP contribution in [0.4, 0.5) is 0 Å². The first-order chi connectivity index (χ1) is 12.6. The van der Waals surface area contributed by atoms with Gasteiger partial charge in [0.05, 0.1) is 21.7 Å². The van der Waals surface area contributed by atoms with Crippen molar-refractivity contribution < 1.29 is 4.79 Å². The number of fused-ring (bicyclic) bond motifs is 1. The number of nitrogens with one attached hydrogen (secondary N) is 1. The zero-order valence-electron chi connectivity index (χ0n) is 14.7. The largest absolute Gasteiger partial charge is 0.349 e. The molecule has 1 amide bonds. The van der Waals surface area contributed by atoms with Crippen LogP contribution in [0.25, 0.3) is 21.5 Å². The van der Waals surface area contributed by atoms with Crippen molar-refractivity contribution in [3.05, 3.63) is 51.3 Å². The highest BCUT2D eigenvalue weighted by Gasteiger charge is 2.20. The Morgan fingerprint density at radius 2 is 2.04 bits per heavy atom. The van der Waals surface area contributed by atoms with Crippen LogP contribution in [0, 0.1) is 6.92 Å². The summed E-state index contributed by atoms with van der Waals surface area (Å²) >= 11 is 5.21. The van der Waals surface area contributed by atoms with Gasteiger partial charge in [0, 0.05) is 15.9 Å². The smallest absolute Gasteiger partial charge is 0.252 e. The Labute approximate surface area is 166 Å². The molecule has 3 nitrogen and oxygen atoms in total. The molecule has 0 spiro atoms. The molecule has 0 atom stereocenters. The predicted octanol–water partition coefficient (Wildman–Crippen LogP) is 6.10. The minimum absolute atomic E-state index is 0.0135. The van der Waals surface area contributed by atoms with Crippen LogP contribution in [-0.4, -0.2) is 16.9 Å². The van der Waals surface area contributed by atoms with E-state index in [0.717, 1.165) is 44.4 Å². The van der Waals surface area contributed by atoms with E-state index in [0.29, 0.717) is 5.56 Å². The number of halogens is 1. The highest BCUT2D eigenvalue weighted by molar-refractivity contribution is 9.10. The van der Waals surface area contributed by atoms with Gasteiger partial charge < -0.3 is 5.32 Å². The maximum atomic E-state index is 13.1. The van der Waals surface area contributed by atoms with Crippen LogP contribution >= 0.6 is 27.3 Å². The number of nitrogens with zero attached hydrogens (tertiary/aromatic N) is 1. The summed E-state index contributed by atoms with van der Waals surface area (Å²) in [4.78, 5) is 19.1. The third-order valence-corrected chi connectivity index (χ3v) is 6.38. The number of aryl methyl sites for hydroxylation is 1. The van der Waals surface area contributed by atoms with Crippen LogP contribution in [0.5, 0.6) is 0 Å². The van der Waals surface area contributed by atoms with E-state index in [2.05, 4.69) is 33.4 Å². The van der Waals surface area contributed by atoms with Gasteiger partial charge in [0.15, 0.2) is 0 Å². The van der Waals surface area contributed by atoms with E-state index < -0.39 is 0 Å². The van der Waals surface area contributed by atoms with Gasteiger partial charge in [-0.15, -0.1) is 11.3 Å². The van der Waals surface area contributed by atoms with Crippen molar-refractivity contribution in [1.29, 1.82) is 0 Å². The van der Waals surface area contributed by atoms with Crippen LogP contribution < -0.4 is 5.32 Å². The van der Waals surface area contributed by atoms with E-state index in [4.69, 9.17) is 4.98 Å². The Hall–Kier alpha value is -1.72. The van der Waals surface area contributed by atoms with E-state index in [9.17, 15) is 4.79 Å². The quantitative estimate of drug-likeness (QED) is 0.547. The molecule has 1 N–H and O–H groups in total. The summed E-state index contributed by atoms with van der Waals surface area (Å²) in [5.41, 5.74) is 3.55. The Balaban J connectivity index is 1.81. The maximum absolute atomic E-state index is 13.1. The Kier molecular flexibility index (Phi) is 5.09. The molecular weight excluding hydrogens is 408 g/mol. The normalized spacial score (nSPS) is 15.3. The Bertz CT molecular complexity index is 946. The van der Waals surface area contributed by atoms with Gasteiger partial charge in [0.2, 0.25) is 0 Å². The summed E-state index contributed by atoms with van der Waals surface area (Å²) in [5, 5.41) is 6.21. The van der Waals surface area contributed by atoms with Crippen LogP contribution in [0.2, 0.25) is 0 Å². The summed E-state index contributed by atoms with van der Waals surface area (Å²) < 4.78 is 0.972. The lowest BCUT2D eigenvalue weighted by Gasteiger charge is -2.23. The number of hydrogen-bond donors (Lipinski definition) is 1. The molecule has 4 rings (SSSR count). The highest BCUT2D eigenvalue weighted by atomic mass is 79.9. The first-order valence-corrected chi connectivity index (χ1v) is 10.7. The molecule has 0 unspecified atom stereocenters. The number of aromatic nitrogens is 1. The van der Waals surface area contributed by atoms with E-state index in [1.165, 1.54) is 19.3 Å². The fourth-order valence-corrected chi connectivity index (χ4v) is 4.96. The number of thiophene rings is 1. The number of pyridine rings is 1. The number of hydrogen-bond acceptors (Lipinski definition) is 3. The molecule has 0 radical (unpaired) electrons. The van der Waals surface area contributed by atoms with Crippen LogP contribution in [-0.2, 0) is 0 Å². The molecule has 2 aromatic heterocycles. The Morgan fingerprint density at radius 3 is 2.77 bits per heavy atom. The van der Waals surface area contributed by atoms with Crippen LogP contribution in [0.15, 0.2) is 40.2 Å². The van der Waals surface area contributed by atoms with Gasteiger partial charge in [-0.3, -0.25) is 4.79 Å². The summed E-state index contributed by atoms with van der Waals surface area (Å²) in [7, 11) is 0.